The number of rotatable bonds is 2. The lowest BCUT2D eigenvalue weighted by Gasteiger charge is -2.37. The van der Waals surface area contributed by atoms with Gasteiger partial charge in [-0.25, -0.2) is 0 Å². The number of carbonyl (C=O) groups excluding carboxylic acids is 1. The van der Waals surface area contributed by atoms with Crippen LogP contribution >= 0.6 is 23.1 Å². The molecule has 9 heteroatoms. The lowest BCUT2D eigenvalue weighted by Crippen LogP contribution is -2.44. The smallest absolute Gasteiger partial charge is 0.317 e. The zero-order chi connectivity index (χ0) is 17.0. The molecule has 2 aromatic rings. The minimum Gasteiger partial charge on any atom is -0.493 e. The number of hydrogen-bond donors (Lipinski definition) is 2. The average Bonchev–Trinajstić information content (AvgIpc) is 2.93. The summed E-state index contributed by atoms with van der Waals surface area (Å²) in [5.74, 6) is -2.49. The summed E-state index contributed by atoms with van der Waals surface area (Å²) in [5.41, 5.74) is 0.655. The third-order valence-corrected chi connectivity index (χ3v) is 6.54. The predicted octanol–water partition coefficient (Wildman–Crippen LogP) is 1.67. The Balaban J connectivity index is 1.99. The van der Waals surface area contributed by atoms with Gasteiger partial charge < -0.3 is 19.6 Å². The van der Waals surface area contributed by atoms with Crippen LogP contribution in [0.3, 0.4) is 0 Å². The number of esters is 1. The molecule has 24 heavy (non-hydrogen) atoms. The molecule has 0 unspecified atom stereocenters. The summed E-state index contributed by atoms with van der Waals surface area (Å²) in [6.07, 6.45) is 0. The maximum absolute atomic E-state index is 12.6. The van der Waals surface area contributed by atoms with Gasteiger partial charge in [-0.2, -0.15) is 0 Å². The van der Waals surface area contributed by atoms with Crippen molar-refractivity contribution in [3.63, 3.8) is 0 Å². The Hall–Kier alpha value is -2.26. The topological polar surface area (TPSA) is 106 Å². The molecular weight excluding hydrogens is 354 g/mol. The van der Waals surface area contributed by atoms with Gasteiger partial charge in [-0.1, -0.05) is 35.2 Å². The van der Waals surface area contributed by atoms with Crippen molar-refractivity contribution in [1.82, 2.24) is 4.98 Å². The summed E-state index contributed by atoms with van der Waals surface area (Å²) >= 11 is 1.98. The van der Waals surface area contributed by atoms with Crippen LogP contribution in [0, 0.1) is 5.92 Å². The number of thiazole rings is 1. The number of aromatic amines is 1. The number of carboxylic acids is 1. The van der Waals surface area contributed by atoms with Gasteiger partial charge in [0.1, 0.15) is 5.25 Å². The van der Waals surface area contributed by atoms with Crippen LogP contribution in [0.5, 0.6) is 11.5 Å². The zero-order valence-electron chi connectivity index (χ0n) is 12.3. The van der Waals surface area contributed by atoms with E-state index < -0.39 is 29.0 Å². The molecule has 0 saturated carbocycles. The highest BCUT2D eigenvalue weighted by Crippen LogP contribution is 2.55. The number of nitrogens with one attached hydrogen (secondary N) is 1. The van der Waals surface area contributed by atoms with E-state index >= 15 is 0 Å². The quantitative estimate of drug-likeness (QED) is 0.616. The first kappa shape index (κ1) is 15.3. The number of aromatic nitrogens is 1. The number of para-hydroxylation sites is 1. The SMILES string of the molecule is COc1cccc2c1OC(=O)[C@@H]1[C@H]2c2sc(=O)[nH]c2S[C@@H]1C(=O)O. The van der Waals surface area contributed by atoms with E-state index in [1.807, 2.05) is 0 Å². The normalized spacial score (nSPS) is 24.4. The molecule has 0 amide bonds. The van der Waals surface area contributed by atoms with Gasteiger partial charge in [-0.15, -0.1) is 0 Å². The van der Waals surface area contributed by atoms with Gasteiger partial charge in [-0.3, -0.25) is 14.4 Å². The molecule has 1 aromatic carbocycles. The van der Waals surface area contributed by atoms with Crippen molar-refractivity contribution in [3.05, 3.63) is 38.3 Å². The number of benzene rings is 1. The minimum absolute atomic E-state index is 0.277. The molecule has 4 rings (SSSR count). The van der Waals surface area contributed by atoms with E-state index in [4.69, 9.17) is 9.47 Å². The monoisotopic (exact) mass is 365 g/mol. The van der Waals surface area contributed by atoms with Crippen LogP contribution in [0.25, 0.3) is 0 Å². The fourth-order valence-corrected chi connectivity index (χ4v) is 5.57. The molecule has 3 heterocycles. The molecule has 0 bridgehead atoms. The summed E-state index contributed by atoms with van der Waals surface area (Å²) in [4.78, 5) is 39.1. The molecule has 3 atom stereocenters. The second kappa shape index (κ2) is 5.38. The van der Waals surface area contributed by atoms with Crippen LogP contribution in [0.2, 0.25) is 0 Å². The predicted molar refractivity (Wildman–Crippen MR) is 86.2 cm³/mol. The highest BCUT2D eigenvalue weighted by molar-refractivity contribution is 8.00. The van der Waals surface area contributed by atoms with E-state index in [2.05, 4.69) is 4.98 Å². The fraction of sp³-hybridized carbons (Fsp3) is 0.267. The Kier molecular flexibility index (Phi) is 3.43. The van der Waals surface area contributed by atoms with E-state index in [9.17, 15) is 19.5 Å². The molecule has 2 aliphatic heterocycles. The summed E-state index contributed by atoms with van der Waals surface area (Å²) in [6.45, 7) is 0. The average molecular weight is 365 g/mol. The van der Waals surface area contributed by atoms with E-state index in [1.54, 1.807) is 18.2 Å². The molecule has 0 fully saturated rings. The van der Waals surface area contributed by atoms with Gasteiger partial charge in [0, 0.05) is 16.4 Å². The van der Waals surface area contributed by atoms with Crippen molar-refractivity contribution in [3.8, 4) is 11.5 Å². The number of methoxy groups -OCH3 is 1. The number of hydrogen-bond acceptors (Lipinski definition) is 7. The summed E-state index contributed by atoms with van der Waals surface area (Å²) in [5, 5.41) is 9.01. The third-order valence-electron chi connectivity index (χ3n) is 4.14. The van der Waals surface area contributed by atoms with Crippen molar-refractivity contribution in [2.24, 2.45) is 5.92 Å². The lowest BCUT2D eigenvalue weighted by atomic mass is 9.80. The summed E-state index contributed by atoms with van der Waals surface area (Å²) in [6, 6.07) is 5.19. The van der Waals surface area contributed by atoms with Crippen LogP contribution in [0.4, 0.5) is 0 Å². The van der Waals surface area contributed by atoms with Crippen LogP contribution in [0.15, 0.2) is 28.0 Å². The van der Waals surface area contributed by atoms with Crippen molar-refractivity contribution in [1.29, 1.82) is 0 Å². The van der Waals surface area contributed by atoms with Gasteiger partial charge in [0.25, 0.3) is 0 Å². The number of carbonyl (C=O) groups is 2. The Morgan fingerprint density at radius 1 is 1.38 bits per heavy atom. The molecule has 0 saturated heterocycles. The van der Waals surface area contributed by atoms with Gasteiger partial charge in [0.05, 0.1) is 18.1 Å². The maximum Gasteiger partial charge on any atom is 0.317 e. The van der Waals surface area contributed by atoms with E-state index in [-0.39, 0.29) is 10.6 Å². The van der Waals surface area contributed by atoms with E-state index in [0.717, 1.165) is 23.1 Å². The molecule has 7 nitrogen and oxygen atoms in total. The fourth-order valence-electron chi connectivity index (χ4n) is 3.17. The van der Waals surface area contributed by atoms with Crippen LogP contribution in [-0.4, -0.2) is 34.4 Å². The first-order chi connectivity index (χ1) is 11.5. The number of ether oxygens (including phenoxy) is 2. The molecule has 2 N–H and O–H groups in total. The minimum atomic E-state index is -1.11. The van der Waals surface area contributed by atoms with E-state index in [0.29, 0.717) is 21.2 Å². The van der Waals surface area contributed by atoms with Crippen molar-refractivity contribution in [2.45, 2.75) is 16.2 Å². The van der Waals surface area contributed by atoms with Crippen molar-refractivity contribution >= 4 is 35.0 Å². The zero-order valence-corrected chi connectivity index (χ0v) is 13.9. The maximum atomic E-state index is 12.6. The van der Waals surface area contributed by atoms with Crippen LogP contribution in [0.1, 0.15) is 16.4 Å². The molecule has 0 radical (unpaired) electrons. The molecule has 0 aliphatic carbocycles. The third kappa shape index (κ3) is 2.08. The van der Waals surface area contributed by atoms with E-state index in [1.165, 1.54) is 7.11 Å². The summed E-state index contributed by atoms with van der Waals surface area (Å²) in [7, 11) is 1.46. The molecule has 2 aliphatic rings. The first-order valence-electron chi connectivity index (χ1n) is 7.02. The van der Waals surface area contributed by atoms with Crippen LogP contribution < -0.4 is 14.3 Å². The Labute approximate surface area is 143 Å². The Morgan fingerprint density at radius 2 is 2.17 bits per heavy atom. The number of H-pyrrole nitrogens is 1. The Morgan fingerprint density at radius 3 is 2.88 bits per heavy atom. The second-order valence-electron chi connectivity index (χ2n) is 5.39. The second-order valence-corrected chi connectivity index (χ2v) is 7.55. The molecule has 1 aromatic heterocycles. The van der Waals surface area contributed by atoms with Gasteiger partial charge in [-0.05, 0) is 6.07 Å². The van der Waals surface area contributed by atoms with Gasteiger partial charge in [0.15, 0.2) is 11.5 Å². The molecular formula is C15H11NO6S2. The van der Waals surface area contributed by atoms with Gasteiger partial charge in [0.2, 0.25) is 0 Å². The standard InChI is InChI=1S/C15H11NO6S2/c1-21-6-4-2-3-5-7-8(14(19)22-9(5)6)11(13(17)18)23-12-10(7)24-15(20)16-12/h2-4,7-8,11H,1H3,(H,16,20)(H,17,18)/t7-,8+,11-/m0/s1. The van der Waals surface area contributed by atoms with Crippen molar-refractivity contribution in [2.75, 3.05) is 7.11 Å². The number of fused-ring (bicyclic) bond motifs is 5. The molecule has 0 spiro atoms. The number of carboxylic acid groups (broad SMARTS) is 1. The first-order valence-corrected chi connectivity index (χ1v) is 8.72. The van der Waals surface area contributed by atoms with Gasteiger partial charge >= 0.3 is 16.8 Å². The van der Waals surface area contributed by atoms with Crippen LogP contribution in [-0.2, 0) is 9.59 Å². The molecule has 124 valence electrons. The Bertz CT molecular complexity index is 917. The van der Waals surface area contributed by atoms with Crippen molar-refractivity contribution < 1.29 is 24.2 Å². The largest absolute Gasteiger partial charge is 0.493 e. The summed E-state index contributed by atoms with van der Waals surface area (Å²) < 4.78 is 10.6. The lowest BCUT2D eigenvalue weighted by molar-refractivity contribution is -0.147. The number of aliphatic carboxylic acids is 1. The number of thioether (sulfide) groups is 1. The highest BCUT2D eigenvalue weighted by atomic mass is 32.2. The highest BCUT2D eigenvalue weighted by Gasteiger charge is 2.52.